The van der Waals surface area contributed by atoms with E-state index < -0.39 is 0 Å². The number of epoxide rings is 1. The summed E-state index contributed by atoms with van der Waals surface area (Å²) in [6.07, 6.45) is 13.0. The first-order valence-electron chi connectivity index (χ1n) is 10.7. The number of rotatable bonds is 3. The largest absolute Gasteiger partial charge is 0.455 e. The average molecular weight is 415 g/mol. The number of aromatic nitrogens is 3. The number of allylic oxidation sites excluding steroid dienone is 2. The van der Waals surface area contributed by atoms with E-state index in [9.17, 15) is 4.79 Å². The molecule has 3 aliphatic rings. The van der Waals surface area contributed by atoms with E-state index in [0.29, 0.717) is 12.1 Å². The predicted molar refractivity (Wildman–Crippen MR) is 116 cm³/mol. The zero-order chi connectivity index (χ0) is 21.6. The lowest BCUT2D eigenvalue weighted by atomic mass is 9.84. The van der Waals surface area contributed by atoms with E-state index in [1.54, 1.807) is 0 Å². The lowest BCUT2D eigenvalue weighted by Gasteiger charge is -2.20. The minimum atomic E-state index is -0.284. The Kier molecular flexibility index (Phi) is 4.79. The van der Waals surface area contributed by atoms with Crippen molar-refractivity contribution in [1.82, 2.24) is 15.0 Å². The molecule has 2 fully saturated rings. The number of nitrogens with zero attached hydrogens (tertiary/aromatic N) is 3. The zero-order valence-electron chi connectivity index (χ0n) is 17.6. The zero-order valence-corrected chi connectivity index (χ0v) is 17.6. The number of carbonyl (C=O) groups is 1. The van der Waals surface area contributed by atoms with Crippen LogP contribution in [0.15, 0.2) is 54.3 Å². The highest BCUT2D eigenvalue weighted by Gasteiger charge is 2.61. The Labute approximate surface area is 181 Å². The SMILES string of the molecule is C#Cc1cccc(-c2cn(C/C3=C/CC[C@@]4(C)O[C@H]4[C@H]4OC(=O)C(=C)[C@@H]4CC3)nn2)c1. The molecule has 6 nitrogen and oxygen atoms in total. The molecule has 3 heterocycles. The maximum atomic E-state index is 12.1. The first kappa shape index (κ1) is 19.8. The van der Waals surface area contributed by atoms with Gasteiger partial charge in [0.15, 0.2) is 0 Å². The second-order valence-corrected chi connectivity index (χ2v) is 8.82. The van der Waals surface area contributed by atoms with Gasteiger partial charge < -0.3 is 9.47 Å². The molecule has 2 saturated heterocycles. The molecule has 4 atom stereocenters. The van der Waals surface area contributed by atoms with Crippen molar-refractivity contribution in [3.05, 3.63) is 59.8 Å². The van der Waals surface area contributed by atoms with Gasteiger partial charge in [-0.15, -0.1) is 11.5 Å². The predicted octanol–water partition coefficient (Wildman–Crippen LogP) is 3.68. The van der Waals surface area contributed by atoms with Crippen LogP contribution >= 0.6 is 0 Å². The van der Waals surface area contributed by atoms with E-state index in [2.05, 4.69) is 35.8 Å². The fraction of sp³-hybridized carbons (Fsp3) is 0.400. The van der Waals surface area contributed by atoms with Crippen LogP contribution in [0, 0.1) is 18.3 Å². The summed E-state index contributed by atoms with van der Waals surface area (Å²) >= 11 is 0. The normalized spacial score (nSPS) is 31.6. The van der Waals surface area contributed by atoms with E-state index >= 15 is 0 Å². The Morgan fingerprint density at radius 3 is 3.13 bits per heavy atom. The van der Waals surface area contributed by atoms with E-state index in [1.807, 2.05) is 35.1 Å². The topological polar surface area (TPSA) is 69.5 Å². The lowest BCUT2D eigenvalue weighted by molar-refractivity contribution is -0.140. The van der Waals surface area contributed by atoms with Gasteiger partial charge in [0, 0.05) is 22.6 Å². The molecule has 5 rings (SSSR count). The third-order valence-electron chi connectivity index (χ3n) is 6.67. The fourth-order valence-electron chi connectivity index (χ4n) is 4.75. The average Bonchev–Trinajstić information content (AvgIpc) is 3.08. The minimum Gasteiger partial charge on any atom is -0.455 e. The molecule has 0 N–H and O–H groups in total. The highest BCUT2D eigenvalue weighted by Crippen LogP contribution is 2.49. The van der Waals surface area contributed by atoms with Gasteiger partial charge in [-0.1, -0.05) is 41.5 Å². The van der Waals surface area contributed by atoms with Gasteiger partial charge in [-0.2, -0.15) is 0 Å². The van der Waals surface area contributed by atoms with Gasteiger partial charge >= 0.3 is 5.97 Å². The molecule has 0 spiro atoms. The lowest BCUT2D eigenvalue weighted by Crippen LogP contribution is -2.29. The molecule has 0 saturated carbocycles. The highest BCUT2D eigenvalue weighted by molar-refractivity contribution is 5.91. The molecule has 158 valence electrons. The van der Waals surface area contributed by atoms with Crippen molar-refractivity contribution in [3.8, 4) is 23.6 Å². The van der Waals surface area contributed by atoms with Gasteiger partial charge in [0.05, 0.1) is 18.3 Å². The van der Waals surface area contributed by atoms with Crippen LogP contribution in [0.4, 0.5) is 0 Å². The fourth-order valence-corrected chi connectivity index (χ4v) is 4.75. The molecule has 0 radical (unpaired) electrons. The van der Waals surface area contributed by atoms with Crippen LogP contribution in [0.5, 0.6) is 0 Å². The van der Waals surface area contributed by atoms with E-state index in [1.165, 1.54) is 5.57 Å². The monoisotopic (exact) mass is 415 g/mol. The summed E-state index contributed by atoms with van der Waals surface area (Å²) in [5.41, 5.74) is 4.17. The first-order chi connectivity index (χ1) is 15.0. The van der Waals surface area contributed by atoms with Crippen LogP contribution in [0.1, 0.15) is 38.2 Å². The molecule has 1 aliphatic carbocycles. The Bertz CT molecular complexity index is 1130. The molecule has 2 aromatic rings. The van der Waals surface area contributed by atoms with Crippen LogP contribution in [0.3, 0.4) is 0 Å². The van der Waals surface area contributed by atoms with Crippen molar-refractivity contribution in [2.45, 2.75) is 57.0 Å². The van der Waals surface area contributed by atoms with Gasteiger partial charge in [0.25, 0.3) is 0 Å². The number of fused-ring (bicyclic) bond motifs is 3. The third-order valence-corrected chi connectivity index (χ3v) is 6.67. The summed E-state index contributed by atoms with van der Waals surface area (Å²) in [6.45, 7) is 6.75. The van der Waals surface area contributed by atoms with Gasteiger partial charge in [-0.25, -0.2) is 9.48 Å². The Balaban J connectivity index is 1.34. The smallest absolute Gasteiger partial charge is 0.334 e. The van der Waals surface area contributed by atoms with Crippen LogP contribution in [-0.4, -0.2) is 38.8 Å². The summed E-state index contributed by atoms with van der Waals surface area (Å²) in [7, 11) is 0. The van der Waals surface area contributed by atoms with E-state index in [4.69, 9.17) is 15.9 Å². The number of carbonyl (C=O) groups excluding carboxylic acids is 1. The molecule has 0 unspecified atom stereocenters. The molecule has 0 bridgehead atoms. The Morgan fingerprint density at radius 1 is 1.42 bits per heavy atom. The maximum Gasteiger partial charge on any atom is 0.334 e. The molecule has 1 aromatic carbocycles. The van der Waals surface area contributed by atoms with Crippen molar-refractivity contribution in [1.29, 1.82) is 0 Å². The number of hydrogen-bond donors (Lipinski definition) is 0. The number of ether oxygens (including phenoxy) is 2. The second kappa shape index (κ2) is 7.51. The number of esters is 1. The van der Waals surface area contributed by atoms with Gasteiger partial charge in [0.2, 0.25) is 0 Å². The van der Waals surface area contributed by atoms with Gasteiger partial charge in [0.1, 0.15) is 17.9 Å². The molecule has 31 heavy (non-hydrogen) atoms. The maximum absolute atomic E-state index is 12.1. The van der Waals surface area contributed by atoms with Crippen molar-refractivity contribution in [3.63, 3.8) is 0 Å². The van der Waals surface area contributed by atoms with Gasteiger partial charge in [-0.05, 0) is 44.7 Å². The Hall–Kier alpha value is -3.17. The molecule has 6 heteroatoms. The van der Waals surface area contributed by atoms with Crippen molar-refractivity contribution >= 4 is 5.97 Å². The molecule has 1 aromatic heterocycles. The van der Waals surface area contributed by atoms with Crippen LogP contribution in [0.2, 0.25) is 0 Å². The number of hydrogen-bond acceptors (Lipinski definition) is 5. The summed E-state index contributed by atoms with van der Waals surface area (Å²) < 4.78 is 13.5. The van der Waals surface area contributed by atoms with Crippen LogP contribution < -0.4 is 0 Å². The van der Waals surface area contributed by atoms with Crippen LogP contribution in [0.25, 0.3) is 11.3 Å². The highest BCUT2D eigenvalue weighted by atomic mass is 16.6. The molecular weight excluding hydrogens is 390 g/mol. The molecule has 2 aliphatic heterocycles. The summed E-state index contributed by atoms with van der Waals surface area (Å²) in [5.74, 6) is 2.37. The number of terminal acetylenes is 1. The summed E-state index contributed by atoms with van der Waals surface area (Å²) in [5, 5.41) is 8.65. The third kappa shape index (κ3) is 3.70. The van der Waals surface area contributed by atoms with Gasteiger partial charge in [-0.3, -0.25) is 0 Å². The van der Waals surface area contributed by atoms with Crippen molar-refractivity contribution in [2.24, 2.45) is 5.92 Å². The first-order valence-corrected chi connectivity index (χ1v) is 10.7. The molecule has 0 amide bonds. The minimum absolute atomic E-state index is 0.00126. The second-order valence-electron chi connectivity index (χ2n) is 8.82. The summed E-state index contributed by atoms with van der Waals surface area (Å²) in [6, 6.07) is 7.74. The van der Waals surface area contributed by atoms with Crippen molar-refractivity contribution < 1.29 is 14.3 Å². The van der Waals surface area contributed by atoms with E-state index in [0.717, 1.165) is 42.5 Å². The Morgan fingerprint density at radius 2 is 2.29 bits per heavy atom. The van der Waals surface area contributed by atoms with Crippen LogP contribution in [-0.2, 0) is 20.8 Å². The quantitative estimate of drug-likeness (QED) is 0.251. The van der Waals surface area contributed by atoms with E-state index in [-0.39, 0.29) is 29.7 Å². The summed E-state index contributed by atoms with van der Waals surface area (Å²) in [4.78, 5) is 12.1. The molecular formula is C25H25N3O3. The standard InChI is InChI=1S/C25H25N3O3/c1-4-17-7-5-9-19(13-17)21-15-28(27-26-21)14-18-8-6-12-25(3)23(31-25)22-20(11-10-18)16(2)24(29)30-22/h1,5,7-9,13,15,20,22-23H,2,6,10-12,14H2,3H3/b18-8+/t20-,22-,23-,25+/m0/s1. The van der Waals surface area contributed by atoms with Crippen molar-refractivity contribution in [2.75, 3.05) is 0 Å². The number of benzene rings is 1.